The van der Waals surface area contributed by atoms with Crippen molar-refractivity contribution in [3.05, 3.63) is 24.0 Å². The third-order valence-electron chi connectivity index (χ3n) is 2.44. The topological polar surface area (TPSA) is 58.3 Å². The predicted octanol–water partition coefficient (Wildman–Crippen LogP) is 1.93. The smallest absolute Gasteiger partial charge is 0.125 e. The number of halogens is 1. The third-order valence-corrected chi connectivity index (χ3v) is 3.60. The second-order valence-corrected chi connectivity index (χ2v) is 4.70. The Hall–Kier alpha value is -0.940. The summed E-state index contributed by atoms with van der Waals surface area (Å²) in [5.41, 5.74) is 6.80. The molecule has 0 radical (unpaired) electrons. The van der Waals surface area contributed by atoms with E-state index in [0.717, 1.165) is 0 Å². The summed E-state index contributed by atoms with van der Waals surface area (Å²) in [5.74, 6) is -0.325. The second kappa shape index (κ2) is 5.96. The van der Waals surface area contributed by atoms with Crippen molar-refractivity contribution in [1.82, 2.24) is 0 Å². The van der Waals surface area contributed by atoms with Crippen LogP contribution in [-0.4, -0.2) is 29.3 Å². The highest BCUT2D eigenvalue weighted by Crippen LogP contribution is 2.22. The molecule has 0 fully saturated rings. The highest BCUT2D eigenvalue weighted by Gasteiger charge is 2.15. The minimum absolute atomic E-state index is 0.0177. The maximum absolute atomic E-state index is 13.0. The number of anilines is 2. The molecule has 0 saturated carbocycles. The van der Waals surface area contributed by atoms with E-state index in [-0.39, 0.29) is 23.7 Å². The van der Waals surface area contributed by atoms with Gasteiger partial charge in [0.2, 0.25) is 0 Å². The average molecular weight is 244 g/mol. The van der Waals surface area contributed by atoms with Crippen LogP contribution in [0.2, 0.25) is 0 Å². The molecule has 0 spiro atoms. The molecule has 2 unspecified atom stereocenters. The maximum Gasteiger partial charge on any atom is 0.125 e. The summed E-state index contributed by atoms with van der Waals surface area (Å²) in [7, 11) is 0. The summed E-state index contributed by atoms with van der Waals surface area (Å²) in [6, 6.07) is 4.23. The lowest BCUT2D eigenvalue weighted by Crippen LogP contribution is -2.31. The highest BCUT2D eigenvalue weighted by molar-refractivity contribution is 7.99. The Balaban J connectivity index is 2.75. The SMILES string of the molecule is CSC(CO)C(C)Nc1cc(F)ccc1N. The molecular weight excluding hydrogens is 227 g/mol. The van der Waals surface area contributed by atoms with Gasteiger partial charge in [-0.3, -0.25) is 0 Å². The van der Waals surface area contributed by atoms with Gasteiger partial charge in [-0.15, -0.1) is 0 Å². The van der Waals surface area contributed by atoms with Gasteiger partial charge in [-0.1, -0.05) is 0 Å². The van der Waals surface area contributed by atoms with Crippen molar-refractivity contribution in [1.29, 1.82) is 0 Å². The van der Waals surface area contributed by atoms with E-state index in [1.807, 2.05) is 13.2 Å². The lowest BCUT2D eigenvalue weighted by atomic mass is 10.2. The van der Waals surface area contributed by atoms with Crippen LogP contribution in [0.5, 0.6) is 0 Å². The molecule has 0 saturated heterocycles. The molecule has 0 bridgehead atoms. The molecule has 0 aliphatic rings. The van der Waals surface area contributed by atoms with Gasteiger partial charge < -0.3 is 16.2 Å². The number of hydrogen-bond acceptors (Lipinski definition) is 4. The van der Waals surface area contributed by atoms with Crippen LogP contribution in [-0.2, 0) is 0 Å². The Morgan fingerprint density at radius 3 is 2.81 bits per heavy atom. The monoisotopic (exact) mass is 244 g/mol. The number of benzene rings is 1. The largest absolute Gasteiger partial charge is 0.397 e. The number of nitrogen functional groups attached to an aromatic ring is 1. The first-order chi connectivity index (χ1) is 7.58. The first-order valence-electron chi connectivity index (χ1n) is 5.03. The summed E-state index contributed by atoms with van der Waals surface area (Å²) in [4.78, 5) is 0. The van der Waals surface area contributed by atoms with Crippen molar-refractivity contribution in [3.63, 3.8) is 0 Å². The van der Waals surface area contributed by atoms with Crippen LogP contribution in [0.25, 0.3) is 0 Å². The summed E-state index contributed by atoms with van der Waals surface area (Å²) >= 11 is 1.56. The fourth-order valence-electron chi connectivity index (χ4n) is 1.43. The van der Waals surface area contributed by atoms with E-state index in [4.69, 9.17) is 10.8 Å². The van der Waals surface area contributed by atoms with Crippen LogP contribution in [0.15, 0.2) is 18.2 Å². The van der Waals surface area contributed by atoms with Crippen LogP contribution in [0.4, 0.5) is 15.8 Å². The van der Waals surface area contributed by atoms with Crippen molar-refractivity contribution in [2.45, 2.75) is 18.2 Å². The van der Waals surface area contributed by atoms with Gasteiger partial charge in [0.15, 0.2) is 0 Å². The van der Waals surface area contributed by atoms with Crippen molar-refractivity contribution in [2.24, 2.45) is 0 Å². The second-order valence-electron chi connectivity index (χ2n) is 3.62. The molecule has 3 nitrogen and oxygen atoms in total. The number of aliphatic hydroxyl groups is 1. The number of thioether (sulfide) groups is 1. The Bertz CT molecular complexity index is 345. The van der Waals surface area contributed by atoms with Crippen LogP contribution in [0.1, 0.15) is 6.92 Å². The van der Waals surface area contributed by atoms with Gasteiger partial charge in [-0.05, 0) is 31.4 Å². The zero-order valence-corrected chi connectivity index (χ0v) is 10.2. The Kier molecular flexibility index (Phi) is 4.89. The van der Waals surface area contributed by atoms with E-state index in [2.05, 4.69) is 5.32 Å². The Morgan fingerprint density at radius 2 is 2.25 bits per heavy atom. The molecule has 0 aliphatic carbocycles. The van der Waals surface area contributed by atoms with Gasteiger partial charge in [0, 0.05) is 11.3 Å². The first-order valence-corrected chi connectivity index (χ1v) is 6.32. The maximum atomic E-state index is 13.0. The lowest BCUT2D eigenvalue weighted by molar-refractivity contribution is 0.288. The van der Waals surface area contributed by atoms with E-state index < -0.39 is 0 Å². The minimum atomic E-state index is -0.325. The summed E-state index contributed by atoms with van der Waals surface area (Å²) in [5, 5.41) is 12.3. The fourth-order valence-corrected chi connectivity index (χ4v) is 2.05. The molecule has 0 heterocycles. The minimum Gasteiger partial charge on any atom is -0.397 e. The third kappa shape index (κ3) is 3.28. The van der Waals surface area contributed by atoms with E-state index in [1.54, 1.807) is 11.8 Å². The number of rotatable bonds is 5. The summed E-state index contributed by atoms with van der Waals surface area (Å²) in [6.07, 6.45) is 1.92. The van der Waals surface area contributed by atoms with E-state index in [9.17, 15) is 4.39 Å². The van der Waals surface area contributed by atoms with E-state index in [0.29, 0.717) is 11.4 Å². The fraction of sp³-hybridized carbons (Fsp3) is 0.455. The van der Waals surface area contributed by atoms with Crippen molar-refractivity contribution in [3.8, 4) is 0 Å². The van der Waals surface area contributed by atoms with Gasteiger partial charge in [0.25, 0.3) is 0 Å². The lowest BCUT2D eigenvalue weighted by Gasteiger charge is -2.23. The van der Waals surface area contributed by atoms with Crippen LogP contribution in [0, 0.1) is 5.82 Å². The molecule has 1 aromatic carbocycles. The van der Waals surface area contributed by atoms with E-state index in [1.165, 1.54) is 18.2 Å². The van der Waals surface area contributed by atoms with Gasteiger partial charge in [0.1, 0.15) is 5.82 Å². The molecule has 90 valence electrons. The molecule has 1 rings (SSSR count). The van der Waals surface area contributed by atoms with Crippen LogP contribution in [0.3, 0.4) is 0 Å². The normalized spacial score (nSPS) is 14.5. The summed E-state index contributed by atoms with van der Waals surface area (Å²) < 4.78 is 13.0. The van der Waals surface area contributed by atoms with Gasteiger partial charge in [-0.2, -0.15) is 11.8 Å². The molecule has 4 N–H and O–H groups in total. The zero-order chi connectivity index (χ0) is 12.1. The van der Waals surface area contributed by atoms with E-state index >= 15 is 0 Å². The summed E-state index contributed by atoms with van der Waals surface area (Å²) in [6.45, 7) is 2.01. The standard InChI is InChI=1S/C11H17FN2OS/c1-7(11(6-15)16-2)14-10-5-8(12)3-4-9(10)13/h3-5,7,11,14-15H,6,13H2,1-2H3. The zero-order valence-electron chi connectivity index (χ0n) is 9.40. The van der Waals surface area contributed by atoms with Crippen LogP contribution < -0.4 is 11.1 Å². The van der Waals surface area contributed by atoms with Crippen molar-refractivity contribution in [2.75, 3.05) is 23.9 Å². The number of hydrogen-bond donors (Lipinski definition) is 3. The molecule has 5 heteroatoms. The molecule has 0 aliphatic heterocycles. The predicted molar refractivity (Wildman–Crippen MR) is 68.3 cm³/mol. The van der Waals surface area contributed by atoms with Crippen molar-refractivity contribution >= 4 is 23.1 Å². The number of nitrogens with one attached hydrogen (secondary N) is 1. The number of nitrogens with two attached hydrogens (primary N) is 1. The van der Waals surface area contributed by atoms with Gasteiger partial charge in [-0.25, -0.2) is 4.39 Å². The first kappa shape index (κ1) is 13.1. The number of aliphatic hydroxyl groups excluding tert-OH is 1. The Morgan fingerprint density at radius 1 is 1.56 bits per heavy atom. The van der Waals surface area contributed by atoms with Crippen molar-refractivity contribution < 1.29 is 9.50 Å². The molecular formula is C11H17FN2OS. The Labute approximate surface area is 99.2 Å². The van der Waals surface area contributed by atoms with Gasteiger partial charge >= 0.3 is 0 Å². The van der Waals surface area contributed by atoms with Crippen LogP contribution >= 0.6 is 11.8 Å². The van der Waals surface area contributed by atoms with Gasteiger partial charge in [0.05, 0.1) is 18.0 Å². The molecule has 0 aromatic heterocycles. The highest BCUT2D eigenvalue weighted by atomic mass is 32.2. The molecule has 1 aromatic rings. The quantitative estimate of drug-likeness (QED) is 0.693. The molecule has 2 atom stereocenters. The molecule has 0 amide bonds. The molecule has 16 heavy (non-hydrogen) atoms. The average Bonchev–Trinajstić information content (AvgIpc) is 2.25.